The Kier molecular flexibility index (Phi) is 9.99. The Labute approximate surface area is 131 Å². The normalized spacial score (nSPS) is 10.6. The summed E-state index contributed by atoms with van der Waals surface area (Å²) in [7, 11) is 3.25. The average molecular weight is 319 g/mol. The van der Waals surface area contributed by atoms with Gasteiger partial charge in [0, 0.05) is 13.0 Å². The van der Waals surface area contributed by atoms with Gasteiger partial charge in [-0.15, -0.1) is 11.6 Å². The predicted molar refractivity (Wildman–Crippen MR) is 81.6 cm³/mol. The fourth-order valence-electron chi connectivity index (χ4n) is 1.59. The minimum Gasteiger partial charge on any atom is -0.493 e. The van der Waals surface area contributed by atoms with E-state index >= 15 is 0 Å². The van der Waals surface area contributed by atoms with Crippen molar-refractivity contribution in [2.24, 2.45) is 0 Å². The number of ether oxygens (including phenoxy) is 5. The molecule has 1 aromatic rings. The van der Waals surface area contributed by atoms with Gasteiger partial charge in [-0.05, 0) is 17.7 Å². The summed E-state index contributed by atoms with van der Waals surface area (Å²) in [4.78, 5) is 0. The van der Waals surface area contributed by atoms with E-state index in [0.29, 0.717) is 57.0 Å². The zero-order valence-corrected chi connectivity index (χ0v) is 13.4. The molecule has 0 heterocycles. The molecule has 0 aromatic heterocycles. The van der Waals surface area contributed by atoms with Gasteiger partial charge >= 0.3 is 0 Å². The lowest BCUT2D eigenvalue weighted by molar-refractivity contribution is 0.0178. The molecule has 0 atom stereocenters. The minimum atomic E-state index is 0.447. The van der Waals surface area contributed by atoms with Crippen LogP contribution in [0.3, 0.4) is 0 Å². The molecule has 0 unspecified atom stereocenters. The summed E-state index contributed by atoms with van der Waals surface area (Å²) in [5.41, 5.74) is 0.991. The van der Waals surface area contributed by atoms with Crippen molar-refractivity contribution in [1.82, 2.24) is 0 Å². The lowest BCUT2D eigenvalue weighted by atomic mass is 10.2. The van der Waals surface area contributed by atoms with Crippen LogP contribution >= 0.6 is 11.6 Å². The van der Waals surface area contributed by atoms with E-state index in [9.17, 15) is 0 Å². The standard InChI is InChI=1S/C15H23ClO5/c1-17-5-6-19-7-8-20-9-10-21-14-4-3-13(12-16)11-15(14)18-2/h3-4,11H,5-10,12H2,1-2H3. The van der Waals surface area contributed by atoms with Crippen molar-refractivity contribution in [2.45, 2.75) is 5.88 Å². The Morgan fingerprint density at radius 2 is 1.52 bits per heavy atom. The van der Waals surface area contributed by atoms with E-state index in [0.717, 1.165) is 5.56 Å². The summed E-state index contributed by atoms with van der Waals surface area (Å²) in [6.45, 7) is 3.22. The van der Waals surface area contributed by atoms with Gasteiger partial charge in [0.15, 0.2) is 11.5 Å². The highest BCUT2D eigenvalue weighted by Gasteiger charge is 2.05. The van der Waals surface area contributed by atoms with E-state index in [-0.39, 0.29) is 0 Å². The lowest BCUT2D eigenvalue weighted by Gasteiger charge is -2.12. The van der Waals surface area contributed by atoms with Crippen LogP contribution in [-0.2, 0) is 20.1 Å². The van der Waals surface area contributed by atoms with Gasteiger partial charge in [-0.2, -0.15) is 0 Å². The van der Waals surface area contributed by atoms with Crippen LogP contribution in [0, 0.1) is 0 Å². The van der Waals surface area contributed by atoms with E-state index in [4.69, 9.17) is 35.3 Å². The summed E-state index contributed by atoms with van der Waals surface area (Å²) in [6.07, 6.45) is 0. The van der Waals surface area contributed by atoms with Gasteiger partial charge < -0.3 is 23.7 Å². The lowest BCUT2D eigenvalue weighted by Crippen LogP contribution is -2.12. The van der Waals surface area contributed by atoms with E-state index in [1.807, 2.05) is 18.2 Å². The monoisotopic (exact) mass is 318 g/mol. The van der Waals surface area contributed by atoms with Crippen molar-refractivity contribution in [3.05, 3.63) is 23.8 Å². The van der Waals surface area contributed by atoms with Gasteiger partial charge in [0.05, 0.1) is 40.1 Å². The first-order valence-electron chi connectivity index (χ1n) is 6.82. The van der Waals surface area contributed by atoms with Crippen molar-refractivity contribution < 1.29 is 23.7 Å². The SMILES string of the molecule is COCCOCCOCCOc1ccc(CCl)cc1OC. The Balaban J connectivity index is 2.15. The molecule has 1 rings (SSSR count). The van der Waals surface area contributed by atoms with Gasteiger partial charge in [-0.1, -0.05) is 6.07 Å². The maximum atomic E-state index is 5.78. The molecule has 0 aliphatic carbocycles. The van der Waals surface area contributed by atoms with Crippen LogP contribution in [0.4, 0.5) is 0 Å². The Hall–Kier alpha value is -1.01. The molecule has 120 valence electrons. The van der Waals surface area contributed by atoms with Crippen LogP contribution in [0.5, 0.6) is 11.5 Å². The van der Waals surface area contributed by atoms with Gasteiger partial charge in [-0.3, -0.25) is 0 Å². The molecule has 0 fully saturated rings. The predicted octanol–water partition coefficient (Wildman–Crippen LogP) is 2.49. The Bertz CT molecular complexity index is 386. The van der Waals surface area contributed by atoms with Crippen LogP contribution in [-0.4, -0.2) is 53.9 Å². The Morgan fingerprint density at radius 3 is 2.14 bits per heavy atom. The number of halogens is 1. The number of alkyl halides is 1. The fraction of sp³-hybridized carbons (Fsp3) is 0.600. The van der Waals surface area contributed by atoms with Crippen molar-refractivity contribution in [1.29, 1.82) is 0 Å². The molecule has 0 N–H and O–H groups in total. The molecule has 0 spiro atoms. The summed E-state index contributed by atoms with van der Waals surface area (Å²) in [5, 5.41) is 0. The smallest absolute Gasteiger partial charge is 0.161 e. The van der Waals surface area contributed by atoms with Crippen LogP contribution in [0.25, 0.3) is 0 Å². The molecule has 0 aliphatic rings. The van der Waals surface area contributed by atoms with Gasteiger partial charge in [0.2, 0.25) is 0 Å². The number of benzene rings is 1. The summed E-state index contributed by atoms with van der Waals surface area (Å²) in [6, 6.07) is 5.63. The van der Waals surface area contributed by atoms with E-state index in [1.54, 1.807) is 14.2 Å². The zero-order chi connectivity index (χ0) is 15.3. The van der Waals surface area contributed by atoms with Crippen molar-refractivity contribution in [3.8, 4) is 11.5 Å². The molecule has 0 bridgehead atoms. The fourth-order valence-corrected chi connectivity index (χ4v) is 1.76. The second-order valence-corrected chi connectivity index (χ2v) is 4.45. The van der Waals surface area contributed by atoms with Gasteiger partial charge in [0.1, 0.15) is 6.61 Å². The molecule has 0 radical (unpaired) electrons. The maximum Gasteiger partial charge on any atom is 0.161 e. The summed E-state index contributed by atoms with van der Waals surface area (Å²) < 4.78 is 26.4. The molecule has 0 amide bonds. The summed E-state index contributed by atoms with van der Waals surface area (Å²) >= 11 is 5.78. The highest BCUT2D eigenvalue weighted by Crippen LogP contribution is 2.28. The molecule has 0 saturated heterocycles. The molecule has 21 heavy (non-hydrogen) atoms. The third kappa shape index (κ3) is 7.52. The topological polar surface area (TPSA) is 46.2 Å². The quantitative estimate of drug-likeness (QED) is 0.438. The summed E-state index contributed by atoms with van der Waals surface area (Å²) in [5.74, 6) is 1.81. The van der Waals surface area contributed by atoms with Crippen molar-refractivity contribution >= 4 is 11.6 Å². The van der Waals surface area contributed by atoms with Crippen molar-refractivity contribution in [2.75, 3.05) is 53.9 Å². The highest BCUT2D eigenvalue weighted by atomic mass is 35.5. The van der Waals surface area contributed by atoms with Crippen LogP contribution in [0.2, 0.25) is 0 Å². The average Bonchev–Trinajstić information content (AvgIpc) is 2.53. The highest BCUT2D eigenvalue weighted by molar-refractivity contribution is 6.17. The first-order chi connectivity index (χ1) is 10.3. The van der Waals surface area contributed by atoms with Crippen LogP contribution < -0.4 is 9.47 Å². The number of methoxy groups -OCH3 is 2. The number of rotatable bonds is 12. The van der Waals surface area contributed by atoms with E-state index in [2.05, 4.69) is 0 Å². The number of hydrogen-bond donors (Lipinski definition) is 0. The largest absolute Gasteiger partial charge is 0.493 e. The van der Waals surface area contributed by atoms with Crippen molar-refractivity contribution in [3.63, 3.8) is 0 Å². The second kappa shape index (κ2) is 11.6. The molecule has 6 heteroatoms. The minimum absolute atomic E-state index is 0.447. The molecular formula is C15H23ClO5. The van der Waals surface area contributed by atoms with E-state index < -0.39 is 0 Å². The van der Waals surface area contributed by atoms with E-state index in [1.165, 1.54) is 0 Å². The maximum absolute atomic E-state index is 5.78. The Morgan fingerprint density at radius 1 is 0.857 bits per heavy atom. The van der Waals surface area contributed by atoms with Crippen LogP contribution in [0.1, 0.15) is 5.56 Å². The molecule has 1 aromatic carbocycles. The number of hydrogen-bond acceptors (Lipinski definition) is 5. The third-order valence-corrected chi connectivity index (χ3v) is 2.98. The first-order valence-corrected chi connectivity index (χ1v) is 7.35. The first kappa shape index (κ1) is 18.0. The third-order valence-electron chi connectivity index (χ3n) is 2.67. The van der Waals surface area contributed by atoms with Gasteiger partial charge in [0.25, 0.3) is 0 Å². The molecule has 0 aliphatic heterocycles. The molecule has 5 nitrogen and oxygen atoms in total. The zero-order valence-electron chi connectivity index (χ0n) is 12.6. The molecular weight excluding hydrogens is 296 g/mol. The van der Waals surface area contributed by atoms with Crippen LogP contribution in [0.15, 0.2) is 18.2 Å². The molecule has 0 saturated carbocycles. The second-order valence-electron chi connectivity index (χ2n) is 4.18. The van der Waals surface area contributed by atoms with Gasteiger partial charge in [-0.25, -0.2) is 0 Å².